The number of ether oxygens (including phenoxy) is 1. The van der Waals surface area contributed by atoms with Gasteiger partial charge in [-0.05, 0) is 26.8 Å². The molecule has 0 amide bonds. The number of hydrogen-bond acceptors (Lipinski definition) is 2. The molecular weight excluding hydrogens is 226 g/mol. The van der Waals surface area contributed by atoms with Crippen LogP contribution < -0.4 is 0 Å². The highest BCUT2D eigenvalue weighted by Crippen LogP contribution is 2.05. The Hall–Kier alpha value is -0.870. The van der Waals surface area contributed by atoms with Gasteiger partial charge in [-0.2, -0.15) is 0 Å². The van der Waals surface area contributed by atoms with Gasteiger partial charge in [-0.15, -0.1) is 0 Å². The summed E-state index contributed by atoms with van der Waals surface area (Å²) in [6.07, 6.45) is 3.44. The lowest BCUT2D eigenvalue weighted by atomic mass is 10.5. The summed E-state index contributed by atoms with van der Waals surface area (Å²) in [5.41, 5.74) is 0. The van der Waals surface area contributed by atoms with Crippen LogP contribution in [0.5, 0.6) is 0 Å². The molecule has 5 heteroatoms. The quantitative estimate of drug-likeness (QED) is 0.424. The van der Waals surface area contributed by atoms with Gasteiger partial charge in [0.05, 0.1) is 6.61 Å². The van der Waals surface area contributed by atoms with E-state index in [-0.39, 0.29) is 0 Å². The monoisotopic (exact) mass is 245 g/mol. The molecule has 0 atom stereocenters. The summed E-state index contributed by atoms with van der Waals surface area (Å²) in [6.45, 7) is 7.93. The van der Waals surface area contributed by atoms with Crippen LogP contribution in [0.1, 0.15) is 20.8 Å². The largest absolute Gasteiger partial charge is 0.383 e. The van der Waals surface area contributed by atoms with Crippen LogP contribution in [0.25, 0.3) is 0 Å². The number of allylic oxidation sites excluding steroid dienone is 1. The maximum Gasteiger partial charge on any atom is 0.226 e. The van der Waals surface area contributed by atoms with Gasteiger partial charge in [-0.3, -0.25) is 0 Å². The van der Waals surface area contributed by atoms with Crippen LogP contribution in [-0.4, -0.2) is 43.9 Å². The second-order valence-corrected chi connectivity index (χ2v) is 3.37. The first-order valence-corrected chi connectivity index (χ1v) is 5.70. The van der Waals surface area contributed by atoms with Crippen molar-refractivity contribution in [2.24, 2.45) is 9.98 Å². The number of halogens is 1. The number of rotatable bonds is 5. The van der Waals surface area contributed by atoms with Gasteiger partial charge < -0.3 is 9.64 Å². The zero-order chi connectivity index (χ0) is 12.4. The summed E-state index contributed by atoms with van der Waals surface area (Å²) in [4.78, 5) is 10.4. The zero-order valence-electron chi connectivity index (χ0n) is 10.4. The highest BCUT2D eigenvalue weighted by atomic mass is 35.5. The molecule has 16 heavy (non-hydrogen) atoms. The van der Waals surface area contributed by atoms with Gasteiger partial charge >= 0.3 is 0 Å². The molecule has 0 aromatic carbocycles. The zero-order valence-corrected chi connectivity index (χ0v) is 11.2. The second-order valence-electron chi connectivity index (χ2n) is 2.98. The molecule has 0 N–H and O–H groups in total. The number of hydrogen-bond donors (Lipinski definition) is 0. The SMILES string of the molecule is CC=NC(=N/C(Cl)=C\C)N(CC)CCOC. The Morgan fingerprint density at radius 1 is 1.44 bits per heavy atom. The molecule has 0 fully saturated rings. The van der Waals surface area contributed by atoms with E-state index in [0.29, 0.717) is 17.7 Å². The molecule has 0 rings (SSSR count). The van der Waals surface area contributed by atoms with E-state index in [1.165, 1.54) is 0 Å². The fourth-order valence-corrected chi connectivity index (χ4v) is 1.13. The van der Waals surface area contributed by atoms with E-state index in [9.17, 15) is 0 Å². The van der Waals surface area contributed by atoms with Gasteiger partial charge in [-0.25, -0.2) is 9.98 Å². The molecule has 0 radical (unpaired) electrons. The van der Waals surface area contributed by atoms with Crippen LogP contribution in [0, 0.1) is 0 Å². The van der Waals surface area contributed by atoms with Crippen molar-refractivity contribution in [2.75, 3.05) is 26.8 Å². The van der Waals surface area contributed by atoms with Crippen molar-refractivity contribution >= 4 is 23.8 Å². The fraction of sp³-hybridized carbons (Fsp3) is 0.636. The molecular formula is C11H20ClN3O. The minimum Gasteiger partial charge on any atom is -0.383 e. The van der Waals surface area contributed by atoms with Gasteiger partial charge in [0, 0.05) is 26.4 Å². The van der Waals surface area contributed by atoms with Gasteiger partial charge in [0.25, 0.3) is 0 Å². The Labute approximate surface area is 103 Å². The average Bonchev–Trinajstić information content (AvgIpc) is 2.30. The van der Waals surface area contributed by atoms with Gasteiger partial charge in [0.1, 0.15) is 5.16 Å². The molecule has 0 spiro atoms. The van der Waals surface area contributed by atoms with E-state index >= 15 is 0 Å². The normalized spacial score (nSPS) is 13.6. The van der Waals surface area contributed by atoms with Crippen LogP contribution in [0.15, 0.2) is 21.2 Å². The molecule has 0 saturated carbocycles. The lowest BCUT2D eigenvalue weighted by Gasteiger charge is -2.21. The third-order valence-electron chi connectivity index (χ3n) is 1.92. The second kappa shape index (κ2) is 9.36. The molecule has 0 aliphatic carbocycles. The van der Waals surface area contributed by atoms with Gasteiger partial charge in [0.15, 0.2) is 0 Å². The lowest BCUT2D eigenvalue weighted by Crippen LogP contribution is -2.32. The minimum absolute atomic E-state index is 0.441. The summed E-state index contributed by atoms with van der Waals surface area (Å²) in [7, 11) is 1.67. The van der Waals surface area contributed by atoms with Crippen LogP contribution in [0.3, 0.4) is 0 Å². The Kier molecular flexibility index (Phi) is 8.85. The number of methoxy groups -OCH3 is 1. The summed E-state index contributed by atoms with van der Waals surface area (Å²) < 4.78 is 5.04. The number of likely N-dealkylation sites (N-methyl/N-ethyl adjacent to an activating group) is 1. The molecule has 4 nitrogen and oxygen atoms in total. The summed E-state index contributed by atoms with van der Waals surface area (Å²) in [5.74, 6) is 0.616. The minimum atomic E-state index is 0.441. The predicted molar refractivity (Wildman–Crippen MR) is 70.3 cm³/mol. The van der Waals surface area contributed by atoms with E-state index in [1.54, 1.807) is 19.4 Å². The molecule has 0 heterocycles. The van der Waals surface area contributed by atoms with Crippen LogP contribution in [0.2, 0.25) is 0 Å². The molecule has 92 valence electrons. The van der Waals surface area contributed by atoms with E-state index in [0.717, 1.165) is 13.1 Å². The van der Waals surface area contributed by atoms with Gasteiger partial charge in [0.2, 0.25) is 5.96 Å². The topological polar surface area (TPSA) is 37.2 Å². The lowest BCUT2D eigenvalue weighted by molar-refractivity contribution is 0.177. The number of guanidine groups is 1. The fourth-order valence-electron chi connectivity index (χ4n) is 1.06. The van der Waals surface area contributed by atoms with Crippen molar-refractivity contribution in [3.63, 3.8) is 0 Å². The number of nitrogens with zero attached hydrogens (tertiary/aromatic N) is 3. The maximum atomic E-state index is 5.87. The highest BCUT2D eigenvalue weighted by Gasteiger charge is 2.07. The van der Waals surface area contributed by atoms with Gasteiger partial charge in [-0.1, -0.05) is 11.6 Å². The van der Waals surface area contributed by atoms with E-state index in [1.807, 2.05) is 25.7 Å². The first-order valence-electron chi connectivity index (χ1n) is 5.32. The average molecular weight is 246 g/mol. The Balaban J connectivity index is 4.78. The smallest absolute Gasteiger partial charge is 0.226 e. The molecule has 0 aliphatic heterocycles. The molecule has 0 aliphatic rings. The third kappa shape index (κ3) is 5.88. The van der Waals surface area contributed by atoms with Crippen molar-refractivity contribution < 1.29 is 4.74 Å². The van der Waals surface area contributed by atoms with E-state index in [2.05, 4.69) is 9.98 Å². The van der Waals surface area contributed by atoms with Crippen molar-refractivity contribution in [3.05, 3.63) is 11.2 Å². The molecule has 0 saturated heterocycles. The summed E-state index contributed by atoms with van der Waals surface area (Å²) in [6, 6.07) is 0. The third-order valence-corrected chi connectivity index (χ3v) is 2.22. The van der Waals surface area contributed by atoms with Crippen molar-refractivity contribution in [1.29, 1.82) is 0 Å². The molecule has 0 unspecified atom stereocenters. The van der Waals surface area contributed by atoms with Crippen molar-refractivity contribution in [3.8, 4) is 0 Å². The Bertz CT molecular complexity index is 274. The first-order chi connectivity index (χ1) is 7.69. The van der Waals surface area contributed by atoms with Crippen LogP contribution >= 0.6 is 11.6 Å². The van der Waals surface area contributed by atoms with E-state index < -0.39 is 0 Å². The van der Waals surface area contributed by atoms with E-state index in [4.69, 9.17) is 16.3 Å². The molecule has 0 bridgehead atoms. The predicted octanol–water partition coefficient (Wildman–Crippen LogP) is 2.50. The van der Waals surface area contributed by atoms with Crippen LogP contribution in [0.4, 0.5) is 0 Å². The van der Waals surface area contributed by atoms with Crippen LogP contribution in [-0.2, 0) is 4.74 Å². The van der Waals surface area contributed by atoms with Crippen molar-refractivity contribution in [1.82, 2.24) is 4.90 Å². The first kappa shape index (κ1) is 15.1. The summed E-state index contributed by atoms with van der Waals surface area (Å²) >= 11 is 5.87. The Morgan fingerprint density at radius 3 is 2.56 bits per heavy atom. The highest BCUT2D eigenvalue weighted by molar-refractivity contribution is 6.30. The summed E-state index contributed by atoms with van der Waals surface area (Å²) in [5, 5.41) is 0.441. The molecule has 0 aromatic rings. The maximum absolute atomic E-state index is 5.87. The number of aliphatic imine (C=N–C) groups is 2. The van der Waals surface area contributed by atoms with Crippen molar-refractivity contribution in [2.45, 2.75) is 20.8 Å². The standard InChI is InChI=1S/C11H20ClN3O/c1-5-10(12)14-11(13-6-2)15(7-3)8-9-16-4/h5-6H,7-9H2,1-4H3/b10-5-,13-6?,14-11?. The molecule has 0 aromatic heterocycles. The Morgan fingerprint density at radius 2 is 2.12 bits per heavy atom.